The van der Waals surface area contributed by atoms with E-state index < -0.39 is 5.91 Å². The van der Waals surface area contributed by atoms with Gasteiger partial charge in [0.15, 0.2) is 6.61 Å². The number of carbonyl (C=O) groups is 1. The highest BCUT2D eigenvalue weighted by Gasteiger charge is 2.02. The number of rotatable bonds is 9. The SMILES string of the molecule is N#CCOc1ccccc1CNCCOCC(N)=O. The van der Waals surface area contributed by atoms with Gasteiger partial charge in [-0.15, -0.1) is 0 Å². The molecule has 6 heteroatoms. The highest BCUT2D eigenvalue weighted by Crippen LogP contribution is 2.17. The van der Waals surface area contributed by atoms with Crippen molar-refractivity contribution in [2.45, 2.75) is 6.54 Å². The lowest BCUT2D eigenvalue weighted by Crippen LogP contribution is -2.23. The van der Waals surface area contributed by atoms with Gasteiger partial charge in [0.05, 0.1) is 6.61 Å². The molecule has 19 heavy (non-hydrogen) atoms. The zero-order chi connectivity index (χ0) is 13.9. The Bertz CT molecular complexity index is 443. The average molecular weight is 263 g/mol. The van der Waals surface area contributed by atoms with Gasteiger partial charge in [0.2, 0.25) is 5.91 Å². The molecule has 102 valence electrons. The Balaban J connectivity index is 2.28. The molecule has 0 radical (unpaired) electrons. The van der Waals surface area contributed by atoms with Crippen LogP contribution in [0, 0.1) is 11.3 Å². The van der Waals surface area contributed by atoms with Crippen molar-refractivity contribution in [1.82, 2.24) is 5.32 Å². The fraction of sp³-hybridized carbons (Fsp3) is 0.385. The zero-order valence-electron chi connectivity index (χ0n) is 10.6. The van der Waals surface area contributed by atoms with Crippen LogP contribution in [-0.2, 0) is 16.1 Å². The normalized spacial score (nSPS) is 9.84. The number of ether oxygens (including phenoxy) is 2. The molecule has 1 amide bonds. The van der Waals surface area contributed by atoms with E-state index in [2.05, 4.69) is 5.32 Å². The highest BCUT2D eigenvalue weighted by molar-refractivity contribution is 5.74. The van der Waals surface area contributed by atoms with Crippen molar-refractivity contribution in [1.29, 1.82) is 5.26 Å². The second-order valence-corrected chi connectivity index (χ2v) is 3.75. The molecule has 0 heterocycles. The van der Waals surface area contributed by atoms with E-state index in [9.17, 15) is 4.79 Å². The molecular formula is C13H17N3O3. The Labute approximate surface area is 112 Å². The molecule has 0 saturated carbocycles. The van der Waals surface area contributed by atoms with E-state index in [0.29, 0.717) is 25.4 Å². The van der Waals surface area contributed by atoms with Crippen molar-refractivity contribution in [3.05, 3.63) is 29.8 Å². The van der Waals surface area contributed by atoms with Crippen LogP contribution in [0.25, 0.3) is 0 Å². The topological polar surface area (TPSA) is 97.4 Å². The molecule has 0 aliphatic carbocycles. The van der Waals surface area contributed by atoms with Gasteiger partial charge < -0.3 is 20.5 Å². The molecule has 0 saturated heterocycles. The van der Waals surface area contributed by atoms with Crippen molar-refractivity contribution in [3.8, 4) is 11.8 Å². The molecule has 0 aliphatic heterocycles. The first-order valence-corrected chi connectivity index (χ1v) is 5.88. The summed E-state index contributed by atoms with van der Waals surface area (Å²) in [6, 6.07) is 9.43. The van der Waals surface area contributed by atoms with Crippen LogP contribution in [-0.4, -0.2) is 32.3 Å². The number of nitriles is 1. The minimum Gasteiger partial charge on any atom is -0.478 e. The van der Waals surface area contributed by atoms with Gasteiger partial charge in [-0.25, -0.2) is 0 Å². The molecule has 6 nitrogen and oxygen atoms in total. The molecule has 0 unspecified atom stereocenters. The summed E-state index contributed by atoms with van der Waals surface area (Å²) in [4.78, 5) is 10.4. The largest absolute Gasteiger partial charge is 0.478 e. The first kappa shape index (κ1) is 15.0. The molecule has 1 rings (SSSR count). The summed E-state index contributed by atoms with van der Waals surface area (Å²) in [5, 5.41) is 11.6. The fourth-order valence-corrected chi connectivity index (χ4v) is 1.44. The van der Waals surface area contributed by atoms with Gasteiger partial charge in [0, 0.05) is 18.7 Å². The Morgan fingerprint density at radius 2 is 2.21 bits per heavy atom. The molecule has 0 bridgehead atoms. The predicted octanol–water partition coefficient (Wildman–Crippen LogP) is 0.180. The van der Waals surface area contributed by atoms with Crippen molar-refractivity contribution < 1.29 is 14.3 Å². The Morgan fingerprint density at radius 3 is 2.95 bits per heavy atom. The zero-order valence-corrected chi connectivity index (χ0v) is 10.6. The minimum absolute atomic E-state index is 0.0265. The van der Waals surface area contributed by atoms with E-state index in [1.54, 1.807) is 0 Å². The minimum atomic E-state index is -0.477. The standard InChI is InChI=1S/C13H17N3O3/c14-5-7-19-12-4-2-1-3-11(12)9-16-6-8-18-10-13(15)17/h1-4,16H,6-10H2,(H2,15,17). The Kier molecular flexibility index (Phi) is 7.02. The maximum Gasteiger partial charge on any atom is 0.243 e. The summed E-state index contributed by atoms with van der Waals surface area (Å²) in [6.07, 6.45) is 0. The summed E-state index contributed by atoms with van der Waals surface area (Å²) < 4.78 is 10.3. The lowest BCUT2D eigenvalue weighted by Gasteiger charge is -2.10. The van der Waals surface area contributed by atoms with Gasteiger partial charge in [-0.3, -0.25) is 4.79 Å². The van der Waals surface area contributed by atoms with Crippen molar-refractivity contribution in [3.63, 3.8) is 0 Å². The van der Waals surface area contributed by atoms with Crippen LogP contribution < -0.4 is 15.8 Å². The molecule has 0 fully saturated rings. The van der Waals surface area contributed by atoms with Crippen molar-refractivity contribution >= 4 is 5.91 Å². The lowest BCUT2D eigenvalue weighted by molar-refractivity contribution is -0.122. The summed E-state index contributed by atoms with van der Waals surface area (Å²) in [5.74, 6) is 0.213. The van der Waals surface area contributed by atoms with Crippen LogP contribution in [0.4, 0.5) is 0 Å². The molecule has 0 aliphatic rings. The second kappa shape index (κ2) is 8.91. The van der Waals surface area contributed by atoms with Crippen LogP contribution in [0.2, 0.25) is 0 Å². The van der Waals surface area contributed by atoms with Crippen LogP contribution in [0.5, 0.6) is 5.75 Å². The number of hydrogen-bond donors (Lipinski definition) is 2. The van der Waals surface area contributed by atoms with Gasteiger partial charge >= 0.3 is 0 Å². The van der Waals surface area contributed by atoms with Gasteiger partial charge in [-0.1, -0.05) is 18.2 Å². The number of nitrogens with one attached hydrogen (secondary N) is 1. The number of nitrogens with zero attached hydrogens (tertiary/aromatic N) is 1. The maximum atomic E-state index is 10.4. The lowest BCUT2D eigenvalue weighted by atomic mass is 10.2. The number of nitrogens with two attached hydrogens (primary N) is 1. The Morgan fingerprint density at radius 1 is 1.42 bits per heavy atom. The first-order chi connectivity index (χ1) is 9.24. The number of para-hydroxylation sites is 1. The van der Waals surface area contributed by atoms with E-state index in [0.717, 1.165) is 5.56 Å². The molecular weight excluding hydrogens is 246 g/mol. The smallest absolute Gasteiger partial charge is 0.243 e. The molecule has 3 N–H and O–H groups in total. The van der Waals surface area contributed by atoms with Crippen molar-refractivity contribution in [2.24, 2.45) is 5.73 Å². The first-order valence-electron chi connectivity index (χ1n) is 5.88. The van der Waals surface area contributed by atoms with E-state index in [1.165, 1.54) is 0 Å². The number of hydrogen-bond acceptors (Lipinski definition) is 5. The fourth-order valence-electron chi connectivity index (χ4n) is 1.44. The highest BCUT2D eigenvalue weighted by atomic mass is 16.5. The van der Waals surface area contributed by atoms with Crippen LogP contribution >= 0.6 is 0 Å². The summed E-state index contributed by atoms with van der Waals surface area (Å²) in [7, 11) is 0. The van der Waals surface area contributed by atoms with Gasteiger partial charge in [-0.2, -0.15) is 5.26 Å². The van der Waals surface area contributed by atoms with Crippen LogP contribution in [0.15, 0.2) is 24.3 Å². The van der Waals surface area contributed by atoms with Gasteiger partial charge in [0.25, 0.3) is 0 Å². The third-order valence-electron chi connectivity index (χ3n) is 2.25. The van der Waals surface area contributed by atoms with E-state index in [1.807, 2.05) is 30.3 Å². The maximum absolute atomic E-state index is 10.4. The number of benzene rings is 1. The Hall–Kier alpha value is -2.10. The van der Waals surface area contributed by atoms with E-state index in [-0.39, 0.29) is 13.2 Å². The molecule has 0 aromatic heterocycles. The quantitative estimate of drug-likeness (QED) is 0.619. The summed E-state index contributed by atoms with van der Waals surface area (Å²) >= 11 is 0. The third-order valence-corrected chi connectivity index (χ3v) is 2.25. The number of amides is 1. The summed E-state index contributed by atoms with van der Waals surface area (Å²) in [5.41, 5.74) is 5.90. The monoisotopic (exact) mass is 263 g/mol. The average Bonchev–Trinajstić information content (AvgIpc) is 2.41. The molecule has 1 aromatic carbocycles. The third kappa shape index (κ3) is 6.41. The number of primary amides is 1. The van der Waals surface area contributed by atoms with Crippen LogP contribution in [0.3, 0.4) is 0 Å². The number of carbonyl (C=O) groups excluding carboxylic acids is 1. The predicted molar refractivity (Wildman–Crippen MR) is 69.3 cm³/mol. The summed E-state index contributed by atoms with van der Waals surface area (Å²) in [6.45, 7) is 1.56. The molecule has 0 atom stereocenters. The molecule has 0 spiro atoms. The van der Waals surface area contributed by atoms with Crippen molar-refractivity contribution in [2.75, 3.05) is 26.4 Å². The van der Waals surface area contributed by atoms with Gasteiger partial charge in [0.1, 0.15) is 18.4 Å². The van der Waals surface area contributed by atoms with E-state index >= 15 is 0 Å². The van der Waals surface area contributed by atoms with Gasteiger partial charge in [-0.05, 0) is 6.07 Å². The van der Waals surface area contributed by atoms with E-state index in [4.69, 9.17) is 20.5 Å². The molecule has 1 aromatic rings. The second-order valence-electron chi connectivity index (χ2n) is 3.75. The van der Waals surface area contributed by atoms with Crippen LogP contribution in [0.1, 0.15) is 5.56 Å².